The van der Waals surface area contributed by atoms with E-state index in [0.29, 0.717) is 23.8 Å². The largest absolute Gasteiger partial charge is 0.480 e. The van der Waals surface area contributed by atoms with Gasteiger partial charge in [-0.25, -0.2) is 9.48 Å². The van der Waals surface area contributed by atoms with Gasteiger partial charge < -0.3 is 14.7 Å². The number of aliphatic carboxylic acids is 1. The molecule has 1 aromatic heterocycles. The zero-order chi connectivity index (χ0) is 20.2. The van der Waals surface area contributed by atoms with Crippen LogP contribution >= 0.6 is 0 Å². The molecule has 0 bridgehead atoms. The summed E-state index contributed by atoms with van der Waals surface area (Å²) in [6.45, 7) is 1.98. The Balaban J connectivity index is 1.54. The molecule has 1 N–H and O–H groups in total. The smallest absolute Gasteiger partial charge is 0.328 e. The fraction of sp³-hybridized carbons (Fsp3) is 0.500. The lowest BCUT2D eigenvalue weighted by Crippen LogP contribution is -2.32. The zero-order valence-electron chi connectivity index (χ0n) is 16.5. The van der Waals surface area contributed by atoms with Crippen molar-refractivity contribution < 1.29 is 14.6 Å². The van der Waals surface area contributed by atoms with Crippen LogP contribution in [0.3, 0.4) is 0 Å². The minimum atomic E-state index is -1.01. The molecule has 4 rings (SSSR count). The Morgan fingerprint density at radius 3 is 2.59 bits per heavy atom. The van der Waals surface area contributed by atoms with Gasteiger partial charge in [-0.1, -0.05) is 37.8 Å². The standard InChI is InChI=1S/C22H27N3O4/c26-21-14-17(29-20-10-4-3-9-18(20)24-11-5-6-12-24)15-23-25(21)19(22(27)28)13-16-7-1-2-8-16/h3-4,9-10,14-16,19H,1-2,5-8,11-13H2,(H,27,28). The minimum absolute atomic E-state index is 0.322. The second kappa shape index (κ2) is 8.68. The third kappa shape index (κ3) is 4.44. The van der Waals surface area contributed by atoms with Gasteiger partial charge in [0.05, 0.1) is 11.9 Å². The van der Waals surface area contributed by atoms with E-state index in [2.05, 4.69) is 10.00 Å². The van der Waals surface area contributed by atoms with Crippen molar-refractivity contribution in [2.24, 2.45) is 5.92 Å². The molecule has 0 amide bonds. The van der Waals surface area contributed by atoms with Gasteiger partial charge in [-0.3, -0.25) is 4.79 Å². The van der Waals surface area contributed by atoms with E-state index >= 15 is 0 Å². The van der Waals surface area contributed by atoms with E-state index in [-0.39, 0.29) is 0 Å². The number of anilines is 1. The van der Waals surface area contributed by atoms with Crippen LogP contribution in [0.5, 0.6) is 11.5 Å². The number of carbonyl (C=O) groups is 1. The van der Waals surface area contributed by atoms with Crippen molar-refractivity contribution in [2.75, 3.05) is 18.0 Å². The van der Waals surface area contributed by atoms with Crippen molar-refractivity contribution in [1.29, 1.82) is 0 Å². The van der Waals surface area contributed by atoms with Crippen LogP contribution in [0.2, 0.25) is 0 Å². The molecule has 2 aromatic rings. The summed E-state index contributed by atoms with van der Waals surface area (Å²) in [7, 11) is 0. The van der Waals surface area contributed by atoms with E-state index in [1.165, 1.54) is 12.3 Å². The maximum Gasteiger partial charge on any atom is 0.328 e. The number of hydrogen-bond donors (Lipinski definition) is 1. The summed E-state index contributed by atoms with van der Waals surface area (Å²) in [6.07, 6.45) is 8.49. The minimum Gasteiger partial charge on any atom is -0.480 e. The Hall–Kier alpha value is -2.83. The second-order valence-electron chi connectivity index (χ2n) is 7.98. The molecular weight excluding hydrogens is 370 g/mol. The van der Waals surface area contributed by atoms with E-state index in [1.54, 1.807) is 0 Å². The molecule has 7 nitrogen and oxygen atoms in total. The maximum atomic E-state index is 12.6. The summed E-state index contributed by atoms with van der Waals surface area (Å²) < 4.78 is 7.05. The Kier molecular flexibility index (Phi) is 5.83. The number of benzene rings is 1. The quantitative estimate of drug-likeness (QED) is 0.764. The summed E-state index contributed by atoms with van der Waals surface area (Å²) in [5, 5.41) is 13.8. The summed E-state index contributed by atoms with van der Waals surface area (Å²) in [5.41, 5.74) is 0.547. The molecule has 2 aliphatic rings. The summed E-state index contributed by atoms with van der Waals surface area (Å²) in [6, 6.07) is 8.15. The first-order valence-electron chi connectivity index (χ1n) is 10.5. The van der Waals surface area contributed by atoms with Crippen molar-refractivity contribution in [2.45, 2.75) is 51.0 Å². The number of ether oxygens (including phenoxy) is 1. The molecule has 154 valence electrons. The first kappa shape index (κ1) is 19.5. The van der Waals surface area contributed by atoms with Gasteiger partial charge in [0.25, 0.3) is 5.56 Å². The number of carboxylic acid groups (broad SMARTS) is 1. The lowest BCUT2D eigenvalue weighted by atomic mass is 9.98. The topological polar surface area (TPSA) is 84.7 Å². The van der Waals surface area contributed by atoms with E-state index < -0.39 is 17.6 Å². The lowest BCUT2D eigenvalue weighted by molar-refractivity contribution is -0.142. The molecule has 7 heteroatoms. The molecule has 2 heterocycles. The van der Waals surface area contributed by atoms with Crippen LogP contribution in [0.25, 0.3) is 0 Å². The van der Waals surface area contributed by atoms with E-state index in [1.807, 2.05) is 24.3 Å². The Bertz CT molecular complexity index is 914. The number of carboxylic acids is 1. The van der Waals surface area contributed by atoms with Crippen LogP contribution in [0, 0.1) is 5.92 Å². The fourth-order valence-electron chi connectivity index (χ4n) is 4.45. The molecule has 2 fully saturated rings. The van der Waals surface area contributed by atoms with E-state index in [0.717, 1.165) is 62.0 Å². The molecule has 1 aromatic carbocycles. The van der Waals surface area contributed by atoms with Gasteiger partial charge in [-0.05, 0) is 37.3 Å². The van der Waals surface area contributed by atoms with Crippen molar-refractivity contribution in [3.63, 3.8) is 0 Å². The highest BCUT2D eigenvalue weighted by molar-refractivity contribution is 5.71. The van der Waals surface area contributed by atoms with Crippen LogP contribution in [-0.2, 0) is 4.79 Å². The van der Waals surface area contributed by atoms with Gasteiger partial charge in [0, 0.05) is 19.2 Å². The molecule has 0 spiro atoms. The van der Waals surface area contributed by atoms with Gasteiger partial charge in [0.2, 0.25) is 0 Å². The van der Waals surface area contributed by atoms with Gasteiger partial charge in [0.1, 0.15) is 0 Å². The Morgan fingerprint density at radius 1 is 1.17 bits per heavy atom. The molecule has 0 radical (unpaired) electrons. The zero-order valence-corrected chi connectivity index (χ0v) is 16.5. The molecule has 29 heavy (non-hydrogen) atoms. The molecule has 1 aliphatic carbocycles. The highest BCUT2D eigenvalue weighted by Crippen LogP contribution is 2.34. The summed E-state index contributed by atoms with van der Waals surface area (Å²) in [5.74, 6) is 0.324. The number of rotatable bonds is 7. The average molecular weight is 397 g/mol. The van der Waals surface area contributed by atoms with Crippen LogP contribution in [0.1, 0.15) is 51.0 Å². The molecule has 1 saturated carbocycles. The number of aromatic nitrogens is 2. The normalized spacial score (nSPS) is 18.1. The predicted octanol–water partition coefficient (Wildman–Crippen LogP) is 3.84. The highest BCUT2D eigenvalue weighted by atomic mass is 16.5. The highest BCUT2D eigenvalue weighted by Gasteiger charge is 2.28. The van der Waals surface area contributed by atoms with Crippen molar-refractivity contribution in [3.8, 4) is 11.5 Å². The average Bonchev–Trinajstić information content (AvgIpc) is 3.41. The van der Waals surface area contributed by atoms with Crippen LogP contribution < -0.4 is 15.2 Å². The predicted molar refractivity (Wildman–Crippen MR) is 110 cm³/mol. The molecule has 1 atom stereocenters. The fourth-order valence-corrected chi connectivity index (χ4v) is 4.45. The SMILES string of the molecule is O=C(O)C(CC1CCCC1)n1ncc(Oc2ccccc2N2CCCC2)cc1=O. The van der Waals surface area contributed by atoms with Crippen molar-refractivity contribution >= 4 is 11.7 Å². The van der Waals surface area contributed by atoms with Gasteiger partial charge >= 0.3 is 5.97 Å². The van der Waals surface area contributed by atoms with Gasteiger partial charge in [0.15, 0.2) is 17.5 Å². The molecule has 1 saturated heterocycles. The number of para-hydroxylation sites is 2. The van der Waals surface area contributed by atoms with E-state index in [9.17, 15) is 14.7 Å². The third-order valence-electron chi connectivity index (χ3n) is 5.95. The Labute approximate surface area is 169 Å². The van der Waals surface area contributed by atoms with Gasteiger partial charge in [-0.15, -0.1) is 0 Å². The molecular formula is C22H27N3O4. The lowest BCUT2D eigenvalue weighted by Gasteiger charge is -2.21. The Morgan fingerprint density at radius 2 is 1.90 bits per heavy atom. The maximum absolute atomic E-state index is 12.6. The number of nitrogens with zero attached hydrogens (tertiary/aromatic N) is 3. The van der Waals surface area contributed by atoms with Crippen molar-refractivity contribution in [3.05, 3.63) is 46.9 Å². The molecule has 1 unspecified atom stereocenters. The van der Waals surface area contributed by atoms with Crippen LogP contribution in [-0.4, -0.2) is 33.9 Å². The first-order chi connectivity index (χ1) is 14.1. The second-order valence-corrected chi connectivity index (χ2v) is 7.98. The third-order valence-corrected chi connectivity index (χ3v) is 5.95. The van der Waals surface area contributed by atoms with Crippen LogP contribution in [0.15, 0.2) is 41.3 Å². The summed E-state index contributed by atoms with van der Waals surface area (Å²) in [4.78, 5) is 26.7. The number of hydrogen-bond acceptors (Lipinski definition) is 5. The van der Waals surface area contributed by atoms with Crippen LogP contribution in [0.4, 0.5) is 5.69 Å². The monoisotopic (exact) mass is 397 g/mol. The summed E-state index contributed by atoms with van der Waals surface area (Å²) >= 11 is 0. The first-order valence-corrected chi connectivity index (χ1v) is 10.5. The van der Waals surface area contributed by atoms with E-state index in [4.69, 9.17) is 4.74 Å². The van der Waals surface area contributed by atoms with Crippen molar-refractivity contribution in [1.82, 2.24) is 9.78 Å². The molecule has 1 aliphatic heterocycles. The van der Waals surface area contributed by atoms with Gasteiger partial charge in [-0.2, -0.15) is 5.10 Å².